The third kappa shape index (κ3) is 2.67. The second kappa shape index (κ2) is 4.65. The summed E-state index contributed by atoms with van der Waals surface area (Å²) in [5.74, 6) is 1.35. The van der Waals surface area contributed by atoms with Gasteiger partial charge in [0.25, 0.3) is 0 Å². The molecule has 1 aliphatic heterocycles. The maximum atomic E-state index is 5.75. The number of rotatable bonds is 1. The molecule has 1 aliphatic rings. The molecule has 2 heterocycles. The van der Waals surface area contributed by atoms with Gasteiger partial charge in [-0.25, -0.2) is 4.98 Å². The topological polar surface area (TPSA) is 71.4 Å². The summed E-state index contributed by atoms with van der Waals surface area (Å²) < 4.78 is 0. The van der Waals surface area contributed by atoms with Crippen LogP contribution in [0.25, 0.3) is 0 Å². The fraction of sp³-hybridized carbons (Fsp3) is 0.615. The molecule has 18 heavy (non-hydrogen) atoms. The van der Waals surface area contributed by atoms with E-state index in [-0.39, 0.29) is 5.54 Å². The van der Waals surface area contributed by atoms with Crippen LogP contribution in [0.5, 0.6) is 0 Å². The lowest BCUT2D eigenvalue weighted by molar-refractivity contribution is 0.128. The lowest BCUT2D eigenvalue weighted by Crippen LogP contribution is -2.53. The minimum absolute atomic E-state index is 0.236. The third-order valence-corrected chi connectivity index (χ3v) is 3.50. The van der Waals surface area contributed by atoms with Gasteiger partial charge in [0, 0.05) is 31.7 Å². The van der Waals surface area contributed by atoms with E-state index in [4.69, 9.17) is 11.5 Å². The Labute approximate surface area is 109 Å². The highest BCUT2D eigenvalue weighted by Gasteiger charge is 2.26. The average Bonchev–Trinajstić information content (AvgIpc) is 2.32. The first kappa shape index (κ1) is 13.0. The number of anilines is 3. The summed E-state index contributed by atoms with van der Waals surface area (Å²) >= 11 is 0. The molecule has 0 aliphatic carbocycles. The lowest BCUT2D eigenvalue weighted by atomic mass is 10.1. The molecule has 0 atom stereocenters. The molecule has 0 spiro atoms. The van der Waals surface area contributed by atoms with Gasteiger partial charge in [-0.3, -0.25) is 4.90 Å². The third-order valence-electron chi connectivity index (χ3n) is 3.50. The smallest absolute Gasteiger partial charge is 0.149 e. The van der Waals surface area contributed by atoms with Gasteiger partial charge in [0.1, 0.15) is 11.6 Å². The van der Waals surface area contributed by atoms with Gasteiger partial charge in [-0.1, -0.05) is 0 Å². The molecule has 1 fully saturated rings. The van der Waals surface area contributed by atoms with Gasteiger partial charge >= 0.3 is 0 Å². The Morgan fingerprint density at radius 3 is 2.17 bits per heavy atom. The van der Waals surface area contributed by atoms with Gasteiger partial charge < -0.3 is 16.4 Å². The Balaban J connectivity index is 2.03. The van der Waals surface area contributed by atoms with Crippen LogP contribution in [-0.2, 0) is 0 Å². The van der Waals surface area contributed by atoms with E-state index in [9.17, 15) is 0 Å². The number of hydrogen-bond acceptors (Lipinski definition) is 5. The largest absolute Gasteiger partial charge is 0.396 e. The van der Waals surface area contributed by atoms with Crippen LogP contribution in [0.1, 0.15) is 20.8 Å². The molecule has 0 amide bonds. The summed E-state index contributed by atoms with van der Waals surface area (Å²) in [4.78, 5) is 9.10. The Morgan fingerprint density at radius 2 is 1.67 bits per heavy atom. The normalized spacial score (nSPS) is 18.1. The van der Waals surface area contributed by atoms with Gasteiger partial charge in [-0.05, 0) is 32.9 Å². The first-order valence-corrected chi connectivity index (χ1v) is 6.40. The van der Waals surface area contributed by atoms with Crippen molar-refractivity contribution in [1.29, 1.82) is 0 Å². The Kier molecular flexibility index (Phi) is 3.34. The quantitative estimate of drug-likeness (QED) is 0.781. The van der Waals surface area contributed by atoms with Crippen molar-refractivity contribution < 1.29 is 0 Å². The van der Waals surface area contributed by atoms with Crippen molar-refractivity contribution in [2.24, 2.45) is 0 Å². The molecule has 1 aromatic rings. The number of aromatic nitrogens is 1. The minimum atomic E-state index is 0.236. The highest BCUT2D eigenvalue weighted by Crippen LogP contribution is 2.22. The highest BCUT2D eigenvalue weighted by atomic mass is 15.3. The molecule has 4 N–H and O–H groups in total. The van der Waals surface area contributed by atoms with Crippen LogP contribution in [0.3, 0.4) is 0 Å². The average molecular weight is 249 g/mol. The molecule has 0 radical (unpaired) electrons. The summed E-state index contributed by atoms with van der Waals surface area (Å²) in [7, 11) is 0. The summed E-state index contributed by atoms with van der Waals surface area (Å²) in [5.41, 5.74) is 12.2. The molecule has 2 rings (SSSR count). The molecule has 100 valence electrons. The molecule has 5 heteroatoms. The van der Waals surface area contributed by atoms with Crippen LogP contribution in [0, 0.1) is 0 Å². The van der Waals surface area contributed by atoms with E-state index < -0.39 is 0 Å². The molecule has 1 saturated heterocycles. The number of nitrogens with zero attached hydrogens (tertiary/aromatic N) is 3. The number of nitrogen functional groups attached to an aromatic ring is 2. The zero-order valence-corrected chi connectivity index (χ0v) is 11.5. The second-order valence-electron chi connectivity index (χ2n) is 5.79. The standard InChI is InChI=1S/C13H23N5/c1-13(2,3)18-8-6-17(7-9-18)11-5-4-10(14)12(15)16-11/h4-5H,6-9,14H2,1-3H3,(H2,15,16). The van der Waals surface area contributed by atoms with Crippen molar-refractivity contribution in [3.05, 3.63) is 12.1 Å². The van der Waals surface area contributed by atoms with E-state index >= 15 is 0 Å². The molecule has 0 bridgehead atoms. The Bertz CT molecular complexity index is 416. The van der Waals surface area contributed by atoms with Crippen LogP contribution in [0.4, 0.5) is 17.3 Å². The van der Waals surface area contributed by atoms with E-state index in [2.05, 4.69) is 35.6 Å². The molecule has 0 unspecified atom stereocenters. The molecule has 1 aromatic heterocycles. The first-order valence-electron chi connectivity index (χ1n) is 6.40. The summed E-state index contributed by atoms with van der Waals surface area (Å²) in [6, 6.07) is 3.77. The minimum Gasteiger partial charge on any atom is -0.396 e. The van der Waals surface area contributed by atoms with Crippen LogP contribution < -0.4 is 16.4 Å². The number of nitrogens with two attached hydrogens (primary N) is 2. The predicted molar refractivity (Wildman–Crippen MR) is 76.6 cm³/mol. The maximum Gasteiger partial charge on any atom is 0.149 e. The molecule has 0 saturated carbocycles. The van der Waals surface area contributed by atoms with Gasteiger partial charge in [-0.15, -0.1) is 0 Å². The van der Waals surface area contributed by atoms with E-state index in [0.29, 0.717) is 11.5 Å². The fourth-order valence-electron chi connectivity index (χ4n) is 2.26. The van der Waals surface area contributed by atoms with Crippen LogP contribution >= 0.6 is 0 Å². The molecule has 5 nitrogen and oxygen atoms in total. The number of pyridine rings is 1. The van der Waals surface area contributed by atoms with Crippen molar-refractivity contribution in [2.75, 3.05) is 42.5 Å². The summed E-state index contributed by atoms with van der Waals surface area (Å²) in [6.45, 7) is 10.8. The summed E-state index contributed by atoms with van der Waals surface area (Å²) in [5, 5.41) is 0. The zero-order chi connectivity index (χ0) is 13.3. The molecular weight excluding hydrogens is 226 g/mol. The maximum absolute atomic E-state index is 5.75. The van der Waals surface area contributed by atoms with Crippen molar-refractivity contribution in [3.8, 4) is 0 Å². The van der Waals surface area contributed by atoms with E-state index in [1.165, 1.54) is 0 Å². The Hall–Kier alpha value is -1.49. The highest BCUT2D eigenvalue weighted by molar-refractivity contribution is 5.62. The Morgan fingerprint density at radius 1 is 1.06 bits per heavy atom. The monoisotopic (exact) mass is 249 g/mol. The first-order chi connectivity index (χ1) is 8.38. The van der Waals surface area contributed by atoms with E-state index in [1.54, 1.807) is 0 Å². The van der Waals surface area contributed by atoms with Crippen molar-refractivity contribution in [2.45, 2.75) is 26.3 Å². The van der Waals surface area contributed by atoms with Gasteiger partial charge in [-0.2, -0.15) is 0 Å². The van der Waals surface area contributed by atoms with Gasteiger partial charge in [0.15, 0.2) is 0 Å². The fourth-order valence-corrected chi connectivity index (χ4v) is 2.26. The van der Waals surface area contributed by atoms with E-state index in [0.717, 1.165) is 32.0 Å². The van der Waals surface area contributed by atoms with Crippen molar-refractivity contribution in [3.63, 3.8) is 0 Å². The SMILES string of the molecule is CC(C)(C)N1CCN(c2ccc(N)c(N)n2)CC1. The van der Waals surface area contributed by atoms with Crippen LogP contribution in [0.15, 0.2) is 12.1 Å². The van der Waals surface area contributed by atoms with Gasteiger partial charge in [0.2, 0.25) is 0 Å². The van der Waals surface area contributed by atoms with Gasteiger partial charge in [0.05, 0.1) is 5.69 Å². The number of piperazine rings is 1. The predicted octanol–water partition coefficient (Wildman–Crippen LogP) is 1.17. The number of hydrogen-bond donors (Lipinski definition) is 2. The van der Waals surface area contributed by atoms with Crippen LogP contribution in [0.2, 0.25) is 0 Å². The lowest BCUT2D eigenvalue weighted by Gasteiger charge is -2.42. The van der Waals surface area contributed by atoms with Crippen molar-refractivity contribution in [1.82, 2.24) is 9.88 Å². The zero-order valence-electron chi connectivity index (χ0n) is 11.5. The molecule has 0 aromatic carbocycles. The van der Waals surface area contributed by atoms with Crippen molar-refractivity contribution >= 4 is 17.3 Å². The van der Waals surface area contributed by atoms with E-state index in [1.807, 2.05) is 12.1 Å². The molecular formula is C13H23N5. The second-order valence-corrected chi connectivity index (χ2v) is 5.79. The summed E-state index contributed by atoms with van der Waals surface area (Å²) in [6.07, 6.45) is 0. The van der Waals surface area contributed by atoms with Crippen LogP contribution in [-0.4, -0.2) is 41.6 Å².